The van der Waals surface area contributed by atoms with Gasteiger partial charge in [-0.15, -0.1) is 0 Å². The molecule has 1 N–H and O–H groups in total. The first kappa shape index (κ1) is 17.0. The number of hydrogen-bond acceptors (Lipinski definition) is 3. The highest BCUT2D eigenvalue weighted by Gasteiger charge is 2.23. The zero-order valence-corrected chi connectivity index (χ0v) is 14.0. The van der Waals surface area contributed by atoms with E-state index in [1.165, 1.54) is 0 Å². The number of carbonyl (C=O) groups is 1. The lowest BCUT2D eigenvalue weighted by Gasteiger charge is -2.33. The summed E-state index contributed by atoms with van der Waals surface area (Å²) in [5.74, 6) is 0.0267. The molecule has 1 amide bonds. The Morgan fingerprint density at radius 3 is 2.59 bits per heavy atom. The van der Waals surface area contributed by atoms with E-state index in [1.54, 1.807) is 24.3 Å². The summed E-state index contributed by atoms with van der Waals surface area (Å²) in [5, 5.41) is 0. The van der Waals surface area contributed by atoms with E-state index in [0.29, 0.717) is 0 Å². The second-order valence-corrected chi connectivity index (χ2v) is 7.66. The number of piperidine rings is 1. The minimum Gasteiger partial charge on any atom is -0.340 e. The van der Waals surface area contributed by atoms with Gasteiger partial charge >= 0.3 is 0 Å². The average molecular weight is 324 g/mol. The summed E-state index contributed by atoms with van der Waals surface area (Å²) in [6, 6.07) is 6.93. The number of likely N-dealkylation sites (tertiary alicyclic amines) is 1. The van der Waals surface area contributed by atoms with Crippen molar-refractivity contribution in [1.82, 2.24) is 9.62 Å². The fourth-order valence-electron chi connectivity index (χ4n) is 2.71. The molecule has 1 unspecified atom stereocenters. The lowest BCUT2D eigenvalue weighted by Crippen LogP contribution is -2.43. The molecule has 1 aliphatic rings. The van der Waals surface area contributed by atoms with Gasteiger partial charge in [0, 0.05) is 25.6 Å². The lowest BCUT2D eigenvalue weighted by atomic mass is 10.0. The van der Waals surface area contributed by atoms with Crippen molar-refractivity contribution in [3.05, 3.63) is 29.8 Å². The van der Waals surface area contributed by atoms with Gasteiger partial charge < -0.3 is 4.90 Å². The number of hydrogen-bond donors (Lipinski definition) is 1. The molecule has 2 rings (SSSR count). The van der Waals surface area contributed by atoms with Crippen molar-refractivity contribution in [1.29, 1.82) is 0 Å². The van der Waals surface area contributed by atoms with Crippen molar-refractivity contribution >= 4 is 15.9 Å². The summed E-state index contributed by atoms with van der Waals surface area (Å²) in [6.45, 7) is 4.87. The maximum absolute atomic E-state index is 12.2. The Morgan fingerprint density at radius 1 is 1.27 bits per heavy atom. The quantitative estimate of drug-likeness (QED) is 0.901. The van der Waals surface area contributed by atoms with Gasteiger partial charge in [0.1, 0.15) is 0 Å². The van der Waals surface area contributed by atoms with Gasteiger partial charge in [-0.05, 0) is 45.2 Å². The molecule has 0 aliphatic carbocycles. The number of benzene rings is 1. The molecule has 1 heterocycles. The van der Waals surface area contributed by atoms with Gasteiger partial charge in [-0.3, -0.25) is 4.79 Å². The largest absolute Gasteiger partial charge is 0.340 e. The maximum atomic E-state index is 12.2. The Hall–Kier alpha value is -1.40. The summed E-state index contributed by atoms with van der Waals surface area (Å²) >= 11 is 0. The van der Waals surface area contributed by atoms with Crippen LogP contribution in [0, 0.1) is 6.92 Å². The highest BCUT2D eigenvalue weighted by molar-refractivity contribution is 7.89. The fourth-order valence-corrected chi connectivity index (χ4v) is 3.74. The van der Waals surface area contributed by atoms with E-state index < -0.39 is 10.0 Å². The van der Waals surface area contributed by atoms with Gasteiger partial charge in [0.05, 0.1) is 4.90 Å². The van der Waals surface area contributed by atoms with Crippen molar-refractivity contribution in [2.45, 2.75) is 50.5 Å². The summed E-state index contributed by atoms with van der Waals surface area (Å²) < 4.78 is 26.8. The fraction of sp³-hybridized carbons (Fsp3) is 0.562. The molecule has 1 saturated heterocycles. The molecule has 0 spiro atoms. The minimum absolute atomic E-state index is 0.0267. The normalized spacial score (nSPS) is 19.2. The van der Waals surface area contributed by atoms with Gasteiger partial charge in [-0.1, -0.05) is 17.7 Å². The Labute approximate surface area is 132 Å². The lowest BCUT2D eigenvalue weighted by molar-refractivity contribution is -0.134. The summed E-state index contributed by atoms with van der Waals surface area (Å²) in [4.78, 5) is 14.3. The summed E-state index contributed by atoms with van der Waals surface area (Å²) in [7, 11) is -3.54. The van der Waals surface area contributed by atoms with E-state index in [9.17, 15) is 13.2 Å². The van der Waals surface area contributed by atoms with Crippen LogP contribution in [0.5, 0.6) is 0 Å². The molecule has 0 aromatic heterocycles. The number of rotatable bonds is 5. The Kier molecular flexibility index (Phi) is 5.58. The zero-order valence-electron chi connectivity index (χ0n) is 13.2. The van der Waals surface area contributed by atoms with Crippen LogP contribution in [0.3, 0.4) is 0 Å². The molecule has 5 nitrogen and oxygen atoms in total. The van der Waals surface area contributed by atoms with Crippen LogP contribution >= 0.6 is 0 Å². The van der Waals surface area contributed by atoms with Crippen LogP contribution in [0.4, 0.5) is 0 Å². The molecule has 22 heavy (non-hydrogen) atoms. The Bertz CT molecular complexity index is 611. The third-order valence-corrected chi connectivity index (χ3v) is 5.56. The van der Waals surface area contributed by atoms with Crippen molar-refractivity contribution in [2.24, 2.45) is 0 Å². The average Bonchev–Trinajstić information content (AvgIpc) is 2.48. The van der Waals surface area contributed by atoms with Crippen molar-refractivity contribution in [2.75, 3.05) is 13.1 Å². The van der Waals surface area contributed by atoms with Crippen LogP contribution in [0.25, 0.3) is 0 Å². The Morgan fingerprint density at radius 2 is 1.95 bits per heavy atom. The third-order valence-electron chi connectivity index (χ3n) is 4.09. The Balaban J connectivity index is 1.87. The van der Waals surface area contributed by atoms with Gasteiger partial charge in [-0.25, -0.2) is 13.1 Å². The van der Waals surface area contributed by atoms with Gasteiger partial charge in [0.15, 0.2) is 0 Å². The molecule has 1 aliphatic heterocycles. The molecule has 122 valence electrons. The highest BCUT2D eigenvalue weighted by atomic mass is 32.2. The van der Waals surface area contributed by atoms with E-state index in [0.717, 1.165) is 31.4 Å². The van der Waals surface area contributed by atoms with Gasteiger partial charge in [0.2, 0.25) is 15.9 Å². The van der Waals surface area contributed by atoms with Gasteiger partial charge in [0.25, 0.3) is 0 Å². The topological polar surface area (TPSA) is 66.5 Å². The molecule has 1 aromatic carbocycles. The number of sulfonamides is 1. The predicted octanol–water partition coefficient (Wildman–Crippen LogP) is 2.06. The third kappa shape index (κ3) is 4.30. The minimum atomic E-state index is -3.54. The SMILES string of the molecule is Cc1ccc(S(=O)(=O)NCCC(=O)N2CCCCC2C)cc1. The first-order valence-corrected chi connectivity index (χ1v) is 9.24. The molecule has 1 atom stereocenters. The molecule has 0 radical (unpaired) electrons. The molecule has 0 saturated carbocycles. The molecule has 0 bridgehead atoms. The second-order valence-electron chi connectivity index (χ2n) is 5.89. The molecule has 6 heteroatoms. The van der Waals surface area contributed by atoms with E-state index in [2.05, 4.69) is 4.72 Å². The van der Waals surface area contributed by atoms with Crippen LogP contribution < -0.4 is 4.72 Å². The van der Waals surface area contributed by atoms with Gasteiger partial charge in [-0.2, -0.15) is 0 Å². The molecule has 1 aromatic rings. The smallest absolute Gasteiger partial charge is 0.240 e. The second kappa shape index (κ2) is 7.24. The highest BCUT2D eigenvalue weighted by Crippen LogP contribution is 2.17. The van der Waals surface area contributed by atoms with E-state index in [1.807, 2.05) is 18.7 Å². The number of carbonyl (C=O) groups excluding carboxylic acids is 1. The van der Waals surface area contributed by atoms with E-state index in [-0.39, 0.29) is 29.8 Å². The summed E-state index contributed by atoms with van der Waals surface area (Å²) in [5.41, 5.74) is 1.01. The first-order valence-electron chi connectivity index (χ1n) is 7.76. The van der Waals surface area contributed by atoms with Crippen molar-refractivity contribution in [3.63, 3.8) is 0 Å². The molecular formula is C16H24N2O3S. The first-order chi connectivity index (χ1) is 10.4. The monoisotopic (exact) mass is 324 g/mol. The van der Waals surface area contributed by atoms with Crippen LogP contribution in [0.15, 0.2) is 29.2 Å². The van der Waals surface area contributed by atoms with E-state index >= 15 is 0 Å². The maximum Gasteiger partial charge on any atom is 0.240 e. The summed E-state index contributed by atoms with van der Waals surface area (Å²) in [6.07, 6.45) is 3.42. The van der Waals surface area contributed by atoms with Crippen molar-refractivity contribution in [3.8, 4) is 0 Å². The number of nitrogens with one attached hydrogen (secondary N) is 1. The number of amides is 1. The standard InChI is InChI=1S/C16H24N2O3S/c1-13-6-8-15(9-7-13)22(20,21)17-11-10-16(19)18-12-4-3-5-14(18)2/h6-9,14,17H,3-5,10-12H2,1-2H3. The van der Waals surface area contributed by atoms with E-state index in [4.69, 9.17) is 0 Å². The van der Waals surface area contributed by atoms with Crippen LogP contribution in [0.1, 0.15) is 38.2 Å². The molecular weight excluding hydrogens is 300 g/mol. The van der Waals surface area contributed by atoms with Crippen LogP contribution in [-0.2, 0) is 14.8 Å². The van der Waals surface area contributed by atoms with Crippen LogP contribution in [-0.4, -0.2) is 38.4 Å². The van der Waals surface area contributed by atoms with Crippen LogP contribution in [0.2, 0.25) is 0 Å². The van der Waals surface area contributed by atoms with Crippen molar-refractivity contribution < 1.29 is 13.2 Å². The number of aryl methyl sites for hydroxylation is 1. The molecule has 1 fully saturated rings. The number of nitrogens with zero attached hydrogens (tertiary/aromatic N) is 1. The zero-order chi connectivity index (χ0) is 16.2. The predicted molar refractivity (Wildman–Crippen MR) is 86.0 cm³/mol.